The first kappa shape index (κ1) is 16.3. The lowest BCUT2D eigenvalue weighted by Crippen LogP contribution is -2.24. The lowest BCUT2D eigenvalue weighted by atomic mass is 10.0. The third-order valence-electron chi connectivity index (χ3n) is 4.86. The second-order valence-corrected chi connectivity index (χ2v) is 7.37. The zero-order valence-corrected chi connectivity index (χ0v) is 15.6. The SMILES string of the molecule is O=c1[nH]nc(-c2ccc(N3CCCCCC3)c(Br)c2)c2ccccc12. The van der Waals surface area contributed by atoms with Crippen molar-refractivity contribution in [2.75, 3.05) is 18.0 Å². The van der Waals surface area contributed by atoms with Crippen molar-refractivity contribution in [1.29, 1.82) is 0 Å². The van der Waals surface area contributed by atoms with Gasteiger partial charge in [0.2, 0.25) is 0 Å². The molecule has 0 atom stereocenters. The molecule has 0 bridgehead atoms. The molecule has 5 heteroatoms. The molecule has 25 heavy (non-hydrogen) atoms. The number of nitrogens with one attached hydrogen (secondary N) is 1. The van der Waals surface area contributed by atoms with Crippen LogP contribution < -0.4 is 10.5 Å². The third-order valence-corrected chi connectivity index (χ3v) is 5.50. The Labute approximate surface area is 155 Å². The van der Waals surface area contributed by atoms with Gasteiger partial charge in [0.25, 0.3) is 5.56 Å². The Bertz CT molecular complexity index is 959. The summed E-state index contributed by atoms with van der Waals surface area (Å²) in [5.74, 6) is 0. The fourth-order valence-electron chi connectivity index (χ4n) is 3.56. The van der Waals surface area contributed by atoms with E-state index in [0.717, 1.165) is 34.2 Å². The van der Waals surface area contributed by atoms with E-state index in [4.69, 9.17) is 0 Å². The molecule has 1 fully saturated rings. The van der Waals surface area contributed by atoms with Crippen LogP contribution in [0, 0.1) is 0 Å². The summed E-state index contributed by atoms with van der Waals surface area (Å²) in [6.07, 6.45) is 5.14. The molecule has 0 saturated carbocycles. The minimum atomic E-state index is -0.153. The standard InChI is InChI=1S/C20H20BrN3O/c21-17-13-14(9-10-18(17)24-11-5-1-2-6-12-24)19-15-7-3-4-8-16(15)20(25)23-22-19/h3-4,7-10,13H,1-2,5-6,11-12H2,(H,23,25). The molecule has 0 spiro atoms. The number of anilines is 1. The van der Waals surface area contributed by atoms with Crippen LogP contribution in [-0.2, 0) is 0 Å². The summed E-state index contributed by atoms with van der Waals surface area (Å²) < 4.78 is 1.07. The van der Waals surface area contributed by atoms with Crippen molar-refractivity contribution in [3.05, 3.63) is 57.3 Å². The van der Waals surface area contributed by atoms with Crippen LogP contribution in [-0.4, -0.2) is 23.3 Å². The predicted molar refractivity (Wildman–Crippen MR) is 106 cm³/mol. The van der Waals surface area contributed by atoms with E-state index in [2.05, 4.69) is 49.2 Å². The maximum Gasteiger partial charge on any atom is 0.272 e. The molecule has 1 saturated heterocycles. The molecule has 2 heterocycles. The van der Waals surface area contributed by atoms with Crippen molar-refractivity contribution in [1.82, 2.24) is 10.2 Å². The Morgan fingerprint density at radius 3 is 2.40 bits per heavy atom. The second kappa shape index (κ2) is 7.00. The van der Waals surface area contributed by atoms with Gasteiger partial charge in [0, 0.05) is 28.5 Å². The van der Waals surface area contributed by atoms with Crippen LogP contribution in [0.25, 0.3) is 22.0 Å². The molecule has 3 aromatic rings. The molecule has 128 valence electrons. The van der Waals surface area contributed by atoms with E-state index in [1.807, 2.05) is 24.3 Å². The Morgan fingerprint density at radius 1 is 0.960 bits per heavy atom. The first-order valence-corrected chi connectivity index (χ1v) is 9.55. The summed E-state index contributed by atoms with van der Waals surface area (Å²) in [4.78, 5) is 14.4. The summed E-state index contributed by atoms with van der Waals surface area (Å²) in [5, 5.41) is 8.46. The van der Waals surface area contributed by atoms with Crippen LogP contribution in [0.1, 0.15) is 25.7 Å². The van der Waals surface area contributed by atoms with Gasteiger partial charge in [-0.05, 0) is 47.0 Å². The summed E-state index contributed by atoms with van der Waals surface area (Å²) in [6.45, 7) is 2.22. The fraction of sp³-hybridized carbons (Fsp3) is 0.300. The highest BCUT2D eigenvalue weighted by atomic mass is 79.9. The normalized spacial score (nSPS) is 15.3. The zero-order valence-electron chi connectivity index (χ0n) is 14.0. The van der Waals surface area contributed by atoms with E-state index in [1.54, 1.807) is 0 Å². The minimum Gasteiger partial charge on any atom is -0.371 e. The lowest BCUT2D eigenvalue weighted by molar-refractivity contribution is 0.726. The maximum atomic E-state index is 12.0. The molecule has 1 aliphatic rings. The van der Waals surface area contributed by atoms with E-state index in [-0.39, 0.29) is 5.56 Å². The van der Waals surface area contributed by atoms with Crippen molar-refractivity contribution < 1.29 is 0 Å². The van der Waals surface area contributed by atoms with Crippen molar-refractivity contribution in [2.45, 2.75) is 25.7 Å². The highest BCUT2D eigenvalue weighted by Gasteiger charge is 2.15. The molecule has 4 rings (SSSR count). The predicted octanol–water partition coefficient (Wildman–Crippen LogP) is 4.73. The van der Waals surface area contributed by atoms with Gasteiger partial charge in [0.05, 0.1) is 16.8 Å². The number of fused-ring (bicyclic) bond motifs is 1. The van der Waals surface area contributed by atoms with Crippen molar-refractivity contribution >= 4 is 32.4 Å². The van der Waals surface area contributed by atoms with E-state index in [1.165, 1.54) is 31.4 Å². The van der Waals surface area contributed by atoms with Crippen LogP contribution in [0.15, 0.2) is 51.7 Å². The largest absolute Gasteiger partial charge is 0.371 e. The van der Waals surface area contributed by atoms with Crippen molar-refractivity contribution in [2.24, 2.45) is 0 Å². The molecule has 0 aliphatic carbocycles. The molecule has 2 aromatic carbocycles. The van der Waals surface area contributed by atoms with E-state index >= 15 is 0 Å². The molecular formula is C20H20BrN3O. The topological polar surface area (TPSA) is 49.0 Å². The molecule has 1 aliphatic heterocycles. The van der Waals surface area contributed by atoms with Crippen molar-refractivity contribution in [3.8, 4) is 11.3 Å². The summed E-state index contributed by atoms with van der Waals surface area (Å²) in [7, 11) is 0. The number of aromatic amines is 1. The number of aromatic nitrogens is 2. The van der Waals surface area contributed by atoms with Crippen LogP contribution in [0.3, 0.4) is 0 Å². The number of H-pyrrole nitrogens is 1. The van der Waals surface area contributed by atoms with Crippen LogP contribution >= 0.6 is 15.9 Å². The molecule has 0 radical (unpaired) electrons. The maximum absolute atomic E-state index is 12.0. The third kappa shape index (κ3) is 3.21. The van der Waals surface area contributed by atoms with Gasteiger partial charge in [0.15, 0.2) is 0 Å². The molecule has 1 aromatic heterocycles. The van der Waals surface area contributed by atoms with Gasteiger partial charge >= 0.3 is 0 Å². The number of nitrogens with zero attached hydrogens (tertiary/aromatic N) is 2. The molecule has 0 amide bonds. The second-order valence-electron chi connectivity index (χ2n) is 6.51. The Kier molecular flexibility index (Phi) is 4.57. The average Bonchev–Trinajstić information content (AvgIpc) is 2.91. The quantitative estimate of drug-likeness (QED) is 0.679. The monoisotopic (exact) mass is 397 g/mol. The van der Waals surface area contributed by atoms with Crippen LogP contribution in [0.4, 0.5) is 5.69 Å². The Balaban J connectivity index is 1.76. The van der Waals surface area contributed by atoms with E-state index in [9.17, 15) is 4.79 Å². The number of halogens is 1. The molecule has 0 unspecified atom stereocenters. The number of benzene rings is 2. The molecular weight excluding hydrogens is 378 g/mol. The molecule has 1 N–H and O–H groups in total. The summed E-state index contributed by atoms with van der Waals surface area (Å²) in [6, 6.07) is 14.0. The van der Waals surface area contributed by atoms with Crippen molar-refractivity contribution in [3.63, 3.8) is 0 Å². The Morgan fingerprint density at radius 2 is 1.68 bits per heavy atom. The molecule has 4 nitrogen and oxygen atoms in total. The van der Waals surface area contributed by atoms with Gasteiger partial charge in [0.1, 0.15) is 0 Å². The zero-order chi connectivity index (χ0) is 17.2. The van der Waals surface area contributed by atoms with Crippen LogP contribution in [0.2, 0.25) is 0 Å². The highest BCUT2D eigenvalue weighted by Crippen LogP contribution is 2.33. The fourth-order valence-corrected chi connectivity index (χ4v) is 4.19. The number of hydrogen-bond acceptors (Lipinski definition) is 3. The van der Waals surface area contributed by atoms with E-state index in [0.29, 0.717) is 5.39 Å². The smallest absolute Gasteiger partial charge is 0.272 e. The first-order valence-electron chi connectivity index (χ1n) is 8.76. The van der Waals surface area contributed by atoms with Gasteiger partial charge in [-0.2, -0.15) is 5.10 Å². The van der Waals surface area contributed by atoms with Gasteiger partial charge < -0.3 is 4.90 Å². The van der Waals surface area contributed by atoms with E-state index < -0.39 is 0 Å². The van der Waals surface area contributed by atoms with Gasteiger partial charge in [-0.25, -0.2) is 5.10 Å². The number of rotatable bonds is 2. The minimum absolute atomic E-state index is 0.153. The summed E-state index contributed by atoms with van der Waals surface area (Å²) in [5.41, 5.74) is 2.88. The van der Waals surface area contributed by atoms with Gasteiger partial charge in [-0.1, -0.05) is 37.1 Å². The lowest BCUT2D eigenvalue weighted by Gasteiger charge is -2.24. The highest BCUT2D eigenvalue weighted by molar-refractivity contribution is 9.10. The average molecular weight is 398 g/mol. The van der Waals surface area contributed by atoms with Gasteiger partial charge in [-0.3, -0.25) is 4.79 Å². The summed E-state index contributed by atoms with van der Waals surface area (Å²) >= 11 is 3.74. The van der Waals surface area contributed by atoms with Crippen LogP contribution in [0.5, 0.6) is 0 Å². The van der Waals surface area contributed by atoms with Gasteiger partial charge in [-0.15, -0.1) is 0 Å². The first-order chi connectivity index (χ1) is 12.2. The Hall–Kier alpha value is -2.14. The number of hydrogen-bond donors (Lipinski definition) is 1.